The van der Waals surface area contributed by atoms with Crippen LogP contribution in [-0.2, 0) is 4.79 Å². The lowest BCUT2D eigenvalue weighted by molar-refractivity contribution is -0.139. The topological polar surface area (TPSA) is 46.5 Å². The number of ether oxygens (including phenoxy) is 1. The Morgan fingerprint density at radius 2 is 1.71 bits per heavy atom. The van der Waals surface area contributed by atoms with E-state index in [1.807, 2.05) is 36.4 Å². The van der Waals surface area contributed by atoms with Crippen LogP contribution in [0.15, 0.2) is 91.6 Å². The Labute approximate surface area is 170 Å². The van der Waals surface area contributed by atoms with Crippen LogP contribution in [0.25, 0.3) is 11.1 Å². The maximum absolute atomic E-state index is 10.7. The molecule has 0 aliphatic heterocycles. The Hall–Kier alpha value is -3.04. The normalized spacial score (nSPS) is 12.1. The van der Waals surface area contributed by atoms with E-state index in [0.29, 0.717) is 18.1 Å². The molecule has 4 heteroatoms. The van der Waals surface area contributed by atoms with Crippen molar-refractivity contribution < 1.29 is 14.6 Å². The summed E-state index contributed by atoms with van der Waals surface area (Å²) in [6.07, 6.45) is 6.11. The van der Waals surface area contributed by atoms with E-state index in [9.17, 15) is 4.79 Å². The van der Waals surface area contributed by atoms with Crippen molar-refractivity contribution in [3.63, 3.8) is 0 Å². The third-order valence-electron chi connectivity index (χ3n) is 4.08. The van der Waals surface area contributed by atoms with Gasteiger partial charge in [-0.15, -0.1) is 11.6 Å². The monoisotopic (exact) mass is 394 g/mol. The Morgan fingerprint density at radius 1 is 1.04 bits per heavy atom. The third-order valence-corrected chi connectivity index (χ3v) is 4.27. The second-order valence-electron chi connectivity index (χ2n) is 5.93. The maximum Gasteiger partial charge on any atom is 0.341 e. The highest BCUT2D eigenvalue weighted by Gasteiger charge is 2.14. The van der Waals surface area contributed by atoms with Gasteiger partial charge >= 0.3 is 5.97 Å². The van der Waals surface area contributed by atoms with Gasteiger partial charge in [-0.1, -0.05) is 73.9 Å². The summed E-state index contributed by atoms with van der Waals surface area (Å²) in [5, 5.41) is 8.77. The standard InChI is InChI=1S/C24H23ClO3/c1-3-8-18(4-2)24(22(15-16-25)19-9-6-5-7-10-19)20-11-13-21(14-12-20)28-17-23(26)27/h3-14H,1-2,15-17H2,(H,26,27)/b18-8+,24-22-. The van der Waals surface area contributed by atoms with Gasteiger partial charge in [-0.3, -0.25) is 0 Å². The van der Waals surface area contributed by atoms with Crippen LogP contribution in [0, 0.1) is 0 Å². The van der Waals surface area contributed by atoms with Crippen LogP contribution in [0.4, 0.5) is 0 Å². The van der Waals surface area contributed by atoms with Crippen molar-refractivity contribution in [2.75, 3.05) is 12.5 Å². The number of aliphatic carboxylic acids is 1. The molecule has 0 radical (unpaired) electrons. The quantitative estimate of drug-likeness (QED) is 0.306. The molecule has 2 aromatic rings. The SMILES string of the molecule is C=C/C=C(C=C)/C(=C(\CCCl)c1ccccc1)c1ccc(OCC(=O)O)cc1. The number of halogens is 1. The van der Waals surface area contributed by atoms with E-state index in [-0.39, 0.29) is 6.61 Å². The van der Waals surface area contributed by atoms with Gasteiger partial charge in [-0.25, -0.2) is 4.79 Å². The average molecular weight is 395 g/mol. The summed E-state index contributed by atoms with van der Waals surface area (Å²) in [5.41, 5.74) is 5.08. The Bertz CT molecular complexity index is 878. The van der Waals surface area contributed by atoms with Crippen LogP contribution in [0.2, 0.25) is 0 Å². The van der Waals surface area contributed by atoms with Gasteiger partial charge in [-0.05, 0) is 46.4 Å². The number of carboxylic acids is 1. The molecule has 0 bridgehead atoms. The van der Waals surface area contributed by atoms with Crippen molar-refractivity contribution in [3.05, 3.63) is 103 Å². The summed E-state index contributed by atoms with van der Waals surface area (Å²) in [5.74, 6) is -0.0376. The number of hydrogen-bond donors (Lipinski definition) is 1. The van der Waals surface area contributed by atoms with Crippen LogP contribution < -0.4 is 4.74 Å². The van der Waals surface area contributed by atoms with Crippen LogP contribution in [0.3, 0.4) is 0 Å². The smallest absolute Gasteiger partial charge is 0.341 e. The van der Waals surface area contributed by atoms with Crippen LogP contribution in [0.5, 0.6) is 5.75 Å². The zero-order chi connectivity index (χ0) is 20.4. The average Bonchev–Trinajstić information content (AvgIpc) is 2.72. The zero-order valence-electron chi connectivity index (χ0n) is 15.6. The fraction of sp³-hybridized carbons (Fsp3) is 0.125. The van der Waals surface area contributed by atoms with Crippen molar-refractivity contribution in [3.8, 4) is 5.75 Å². The molecule has 2 rings (SSSR count). The number of carbonyl (C=O) groups is 1. The Morgan fingerprint density at radius 3 is 2.25 bits per heavy atom. The molecule has 0 aliphatic carbocycles. The molecule has 0 atom stereocenters. The minimum atomic E-state index is -1.01. The lowest BCUT2D eigenvalue weighted by atomic mass is 9.87. The summed E-state index contributed by atoms with van der Waals surface area (Å²) in [6, 6.07) is 17.4. The highest BCUT2D eigenvalue weighted by Crippen LogP contribution is 2.35. The first-order valence-electron chi connectivity index (χ1n) is 8.85. The lowest BCUT2D eigenvalue weighted by Gasteiger charge is -2.18. The van der Waals surface area contributed by atoms with E-state index in [1.54, 1.807) is 24.3 Å². The van der Waals surface area contributed by atoms with E-state index >= 15 is 0 Å². The molecular weight excluding hydrogens is 372 g/mol. The largest absolute Gasteiger partial charge is 0.482 e. The number of alkyl halides is 1. The van der Waals surface area contributed by atoms with Gasteiger partial charge in [-0.2, -0.15) is 0 Å². The van der Waals surface area contributed by atoms with Crippen molar-refractivity contribution in [2.45, 2.75) is 6.42 Å². The lowest BCUT2D eigenvalue weighted by Crippen LogP contribution is -2.09. The van der Waals surface area contributed by atoms with Crippen LogP contribution >= 0.6 is 11.6 Å². The van der Waals surface area contributed by atoms with Gasteiger partial charge < -0.3 is 9.84 Å². The first-order valence-corrected chi connectivity index (χ1v) is 9.39. The molecule has 2 aromatic carbocycles. The summed E-state index contributed by atoms with van der Waals surface area (Å²) >= 11 is 6.12. The predicted octanol–water partition coefficient (Wildman–Crippen LogP) is 5.99. The summed E-state index contributed by atoms with van der Waals surface area (Å²) < 4.78 is 5.24. The van der Waals surface area contributed by atoms with E-state index < -0.39 is 5.97 Å². The van der Waals surface area contributed by atoms with E-state index in [1.165, 1.54) is 0 Å². The molecule has 0 saturated heterocycles. The third kappa shape index (κ3) is 5.73. The molecular formula is C24H23ClO3. The maximum atomic E-state index is 10.7. The van der Waals surface area contributed by atoms with Gasteiger partial charge in [0.1, 0.15) is 5.75 Å². The fourth-order valence-electron chi connectivity index (χ4n) is 2.91. The van der Waals surface area contributed by atoms with E-state index in [0.717, 1.165) is 27.8 Å². The first-order chi connectivity index (χ1) is 13.6. The van der Waals surface area contributed by atoms with Gasteiger partial charge in [0.25, 0.3) is 0 Å². The second kappa shape index (κ2) is 11.0. The Balaban J connectivity index is 2.61. The van der Waals surface area contributed by atoms with Gasteiger partial charge in [0.05, 0.1) is 0 Å². The van der Waals surface area contributed by atoms with E-state index in [4.69, 9.17) is 21.4 Å². The number of hydrogen-bond acceptors (Lipinski definition) is 2. The second-order valence-corrected chi connectivity index (χ2v) is 6.31. The fourth-order valence-corrected chi connectivity index (χ4v) is 3.09. The predicted molar refractivity (Wildman–Crippen MR) is 117 cm³/mol. The minimum absolute atomic E-state index is 0.377. The van der Waals surface area contributed by atoms with Crippen molar-refractivity contribution in [1.82, 2.24) is 0 Å². The van der Waals surface area contributed by atoms with Gasteiger partial charge in [0.2, 0.25) is 0 Å². The van der Waals surface area contributed by atoms with E-state index in [2.05, 4.69) is 25.3 Å². The molecule has 0 fully saturated rings. The number of carboxylic acid groups (broad SMARTS) is 1. The van der Waals surface area contributed by atoms with Gasteiger partial charge in [0.15, 0.2) is 6.61 Å². The van der Waals surface area contributed by atoms with Crippen LogP contribution in [-0.4, -0.2) is 23.6 Å². The van der Waals surface area contributed by atoms with Crippen molar-refractivity contribution >= 4 is 28.7 Å². The molecule has 0 heterocycles. The number of rotatable bonds is 10. The molecule has 0 aliphatic rings. The molecule has 0 amide bonds. The highest BCUT2D eigenvalue weighted by molar-refractivity contribution is 6.18. The number of allylic oxidation sites excluding steroid dienone is 6. The molecule has 0 spiro atoms. The molecule has 0 saturated carbocycles. The molecule has 0 aromatic heterocycles. The van der Waals surface area contributed by atoms with Crippen molar-refractivity contribution in [2.24, 2.45) is 0 Å². The van der Waals surface area contributed by atoms with Crippen molar-refractivity contribution in [1.29, 1.82) is 0 Å². The summed E-state index contributed by atoms with van der Waals surface area (Å²) in [4.78, 5) is 10.7. The highest BCUT2D eigenvalue weighted by atomic mass is 35.5. The molecule has 28 heavy (non-hydrogen) atoms. The number of benzene rings is 2. The molecule has 144 valence electrons. The molecule has 0 unspecified atom stereocenters. The summed E-state index contributed by atoms with van der Waals surface area (Å²) in [7, 11) is 0. The summed E-state index contributed by atoms with van der Waals surface area (Å²) in [6.45, 7) is 7.39. The molecule has 3 nitrogen and oxygen atoms in total. The van der Waals surface area contributed by atoms with Gasteiger partial charge in [0, 0.05) is 5.88 Å². The molecule has 1 N–H and O–H groups in total. The Kier molecular flexibility index (Phi) is 8.32. The minimum Gasteiger partial charge on any atom is -0.482 e. The first kappa shape index (κ1) is 21.3. The zero-order valence-corrected chi connectivity index (χ0v) is 16.4. The van der Waals surface area contributed by atoms with Crippen LogP contribution in [0.1, 0.15) is 17.5 Å².